The van der Waals surface area contributed by atoms with Crippen molar-refractivity contribution in [2.24, 2.45) is 5.92 Å². The van der Waals surface area contributed by atoms with Gasteiger partial charge in [-0.15, -0.1) is 0 Å². The van der Waals surface area contributed by atoms with E-state index in [1.807, 2.05) is 24.3 Å². The van der Waals surface area contributed by atoms with Crippen molar-refractivity contribution in [2.45, 2.75) is 13.8 Å². The lowest BCUT2D eigenvalue weighted by Gasteiger charge is -2.31. The third-order valence-corrected chi connectivity index (χ3v) is 3.97. The molecule has 0 saturated carbocycles. The maximum absolute atomic E-state index is 12.2. The monoisotopic (exact) mass is 332 g/mol. The van der Waals surface area contributed by atoms with Crippen LogP contribution in [0.15, 0.2) is 29.8 Å². The van der Waals surface area contributed by atoms with Crippen LogP contribution in [0, 0.1) is 5.92 Å². The van der Waals surface area contributed by atoms with Crippen LogP contribution in [0.4, 0.5) is 0 Å². The van der Waals surface area contributed by atoms with Gasteiger partial charge in [0, 0.05) is 14.1 Å². The number of nitrogens with zero attached hydrogens (tertiary/aromatic N) is 2. The first-order valence-corrected chi connectivity index (χ1v) is 7.76. The van der Waals surface area contributed by atoms with Crippen molar-refractivity contribution < 1.29 is 14.3 Å². The van der Waals surface area contributed by atoms with E-state index in [9.17, 15) is 9.59 Å². The molecule has 0 aliphatic carbocycles. The Morgan fingerprint density at radius 3 is 2.09 bits per heavy atom. The highest BCUT2D eigenvalue weighted by molar-refractivity contribution is 7.80. The number of carbonyl (C=O) groups is 2. The molecule has 1 aromatic rings. The predicted octanol–water partition coefficient (Wildman–Crippen LogP) is 2.32. The second-order valence-corrected chi connectivity index (χ2v) is 6.21. The maximum Gasteiger partial charge on any atom is 0.265 e. The fourth-order valence-electron chi connectivity index (χ4n) is 2.06. The average molecular weight is 332 g/mol. The summed E-state index contributed by atoms with van der Waals surface area (Å²) in [5, 5.41) is 0.203. The molecule has 2 rings (SSSR count). The Bertz CT molecular complexity index is 639. The third-order valence-electron chi connectivity index (χ3n) is 3.42. The molecule has 0 radical (unpaired) electrons. The Labute approximate surface area is 141 Å². The fourth-order valence-corrected chi connectivity index (χ4v) is 2.23. The topological polar surface area (TPSA) is 49.9 Å². The average Bonchev–Trinajstić information content (AvgIpc) is 2.54. The van der Waals surface area contributed by atoms with Gasteiger partial charge in [0.2, 0.25) is 0 Å². The fraction of sp³-hybridized carbons (Fsp3) is 0.353. The number of likely N-dealkylation sites (N-methyl/N-ethyl adjacent to an activating group) is 2. The van der Waals surface area contributed by atoms with E-state index in [0.717, 1.165) is 11.3 Å². The summed E-state index contributed by atoms with van der Waals surface area (Å²) in [4.78, 5) is 27.1. The number of amides is 2. The lowest BCUT2D eigenvalue weighted by molar-refractivity contribution is -0.132. The van der Waals surface area contributed by atoms with Gasteiger partial charge in [-0.2, -0.15) is 0 Å². The Morgan fingerprint density at radius 1 is 1.09 bits per heavy atom. The zero-order valence-corrected chi connectivity index (χ0v) is 14.5. The highest BCUT2D eigenvalue weighted by Gasteiger charge is 2.35. The van der Waals surface area contributed by atoms with E-state index >= 15 is 0 Å². The van der Waals surface area contributed by atoms with Crippen molar-refractivity contribution in [2.75, 3.05) is 20.7 Å². The second-order valence-electron chi connectivity index (χ2n) is 5.84. The molecule has 6 heteroatoms. The van der Waals surface area contributed by atoms with Crippen molar-refractivity contribution in [3.8, 4) is 5.75 Å². The molecule has 0 N–H and O–H groups in total. The van der Waals surface area contributed by atoms with Gasteiger partial charge < -0.3 is 4.74 Å². The molecule has 1 saturated heterocycles. The Balaban J connectivity index is 2.21. The molecule has 2 amide bonds. The van der Waals surface area contributed by atoms with E-state index < -0.39 is 11.8 Å². The molecule has 1 aliphatic rings. The van der Waals surface area contributed by atoms with Crippen LogP contribution in [0.25, 0.3) is 6.08 Å². The molecule has 23 heavy (non-hydrogen) atoms. The highest BCUT2D eigenvalue weighted by atomic mass is 32.1. The number of carbonyl (C=O) groups excluding carboxylic acids is 2. The first kappa shape index (κ1) is 17.1. The summed E-state index contributed by atoms with van der Waals surface area (Å²) >= 11 is 5.06. The minimum Gasteiger partial charge on any atom is -0.493 e. The van der Waals surface area contributed by atoms with Gasteiger partial charge in [-0.3, -0.25) is 19.4 Å². The minimum absolute atomic E-state index is 0.0967. The zero-order chi connectivity index (χ0) is 17.1. The summed E-state index contributed by atoms with van der Waals surface area (Å²) in [7, 11) is 3.12. The van der Waals surface area contributed by atoms with Crippen LogP contribution >= 0.6 is 12.2 Å². The number of benzene rings is 1. The van der Waals surface area contributed by atoms with E-state index in [4.69, 9.17) is 17.0 Å². The van der Waals surface area contributed by atoms with Crippen LogP contribution in [0.5, 0.6) is 5.75 Å². The van der Waals surface area contributed by atoms with E-state index in [2.05, 4.69) is 13.8 Å². The molecule has 0 spiro atoms. The van der Waals surface area contributed by atoms with Crippen molar-refractivity contribution in [1.82, 2.24) is 9.80 Å². The third kappa shape index (κ3) is 3.76. The van der Waals surface area contributed by atoms with Crippen molar-refractivity contribution in [3.63, 3.8) is 0 Å². The molecule has 5 nitrogen and oxygen atoms in total. The quantitative estimate of drug-likeness (QED) is 0.482. The van der Waals surface area contributed by atoms with Crippen molar-refractivity contribution >= 4 is 35.2 Å². The highest BCUT2D eigenvalue weighted by Crippen LogP contribution is 2.20. The number of ether oxygens (including phenoxy) is 1. The molecule has 1 heterocycles. The SMILES string of the molecule is CC(C)COc1ccc(C=C2C(=O)N(C)C(=S)N(C)C2=O)cc1. The molecule has 0 unspecified atom stereocenters. The molecule has 1 aromatic carbocycles. The summed E-state index contributed by atoms with van der Waals surface area (Å²) in [6.07, 6.45) is 1.58. The molecule has 0 bridgehead atoms. The van der Waals surface area contributed by atoms with Crippen LogP contribution in [0.2, 0.25) is 0 Å². The lowest BCUT2D eigenvalue weighted by Crippen LogP contribution is -2.52. The Kier molecular flexibility index (Phi) is 5.15. The molecular weight excluding hydrogens is 312 g/mol. The van der Waals surface area contributed by atoms with Gasteiger partial charge in [0.05, 0.1) is 6.61 Å². The first-order chi connectivity index (χ1) is 10.8. The van der Waals surface area contributed by atoms with E-state index in [0.29, 0.717) is 12.5 Å². The smallest absolute Gasteiger partial charge is 0.265 e. The summed E-state index contributed by atoms with van der Waals surface area (Å²) in [6, 6.07) is 7.28. The van der Waals surface area contributed by atoms with Gasteiger partial charge in [-0.05, 0) is 41.9 Å². The van der Waals surface area contributed by atoms with Crippen LogP contribution in [0.1, 0.15) is 19.4 Å². The van der Waals surface area contributed by atoms with Gasteiger partial charge in [-0.1, -0.05) is 26.0 Å². The van der Waals surface area contributed by atoms with Gasteiger partial charge in [0.15, 0.2) is 5.11 Å². The Morgan fingerprint density at radius 2 is 1.61 bits per heavy atom. The van der Waals surface area contributed by atoms with Crippen molar-refractivity contribution in [1.29, 1.82) is 0 Å². The lowest BCUT2D eigenvalue weighted by atomic mass is 10.1. The molecule has 1 aliphatic heterocycles. The van der Waals surface area contributed by atoms with Gasteiger partial charge in [-0.25, -0.2) is 0 Å². The minimum atomic E-state index is -0.391. The predicted molar refractivity (Wildman–Crippen MR) is 92.9 cm³/mol. The first-order valence-electron chi connectivity index (χ1n) is 7.36. The maximum atomic E-state index is 12.2. The second kappa shape index (κ2) is 6.91. The number of thiocarbonyl (C=S) groups is 1. The largest absolute Gasteiger partial charge is 0.493 e. The normalized spacial score (nSPS) is 15.5. The van der Waals surface area contributed by atoms with E-state index in [1.165, 1.54) is 9.80 Å². The standard InChI is InChI=1S/C17H20N2O3S/c1-11(2)10-22-13-7-5-12(6-8-13)9-14-15(20)18(3)17(23)19(4)16(14)21/h5-9,11H,10H2,1-4H3. The number of hydrogen-bond donors (Lipinski definition) is 0. The molecule has 0 aromatic heterocycles. The molecule has 1 fully saturated rings. The molecular formula is C17H20N2O3S. The summed E-state index contributed by atoms with van der Waals surface area (Å²) in [5.41, 5.74) is 0.854. The number of rotatable bonds is 4. The van der Waals surface area contributed by atoms with E-state index in [1.54, 1.807) is 20.2 Å². The molecule has 122 valence electrons. The van der Waals surface area contributed by atoms with Crippen LogP contribution < -0.4 is 4.74 Å². The van der Waals surface area contributed by atoms with Gasteiger partial charge in [0.25, 0.3) is 11.8 Å². The summed E-state index contributed by atoms with van der Waals surface area (Å²) in [5.74, 6) is 0.429. The Hall–Kier alpha value is -2.21. The van der Waals surface area contributed by atoms with E-state index in [-0.39, 0.29) is 10.7 Å². The van der Waals surface area contributed by atoms with Crippen molar-refractivity contribution in [3.05, 3.63) is 35.4 Å². The number of hydrogen-bond acceptors (Lipinski definition) is 4. The van der Waals surface area contributed by atoms with Crippen LogP contribution in [0.3, 0.4) is 0 Å². The zero-order valence-electron chi connectivity index (χ0n) is 13.7. The van der Waals surface area contributed by atoms with Crippen LogP contribution in [-0.4, -0.2) is 47.4 Å². The van der Waals surface area contributed by atoms with Gasteiger partial charge in [0.1, 0.15) is 11.3 Å². The summed E-state index contributed by atoms with van der Waals surface area (Å²) < 4.78 is 5.61. The molecule has 0 atom stereocenters. The van der Waals surface area contributed by atoms with Gasteiger partial charge >= 0.3 is 0 Å². The van der Waals surface area contributed by atoms with Crippen LogP contribution in [-0.2, 0) is 9.59 Å². The summed E-state index contributed by atoms with van der Waals surface area (Å²) in [6.45, 7) is 4.80.